The maximum atomic E-state index is 14.1. The van der Waals surface area contributed by atoms with Crippen LogP contribution in [-0.2, 0) is 13.1 Å². The lowest BCUT2D eigenvalue weighted by molar-refractivity contribution is 0.0856. The molecule has 0 saturated carbocycles. The second kappa shape index (κ2) is 8.43. The summed E-state index contributed by atoms with van der Waals surface area (Å²) in [7, 11) is 0. The molecule has 0 amide bonds. The molecule has 2 saturated heterocycles. The Labute approximate surface area is 169 Å². The van der Waals surface area contributed by atoms with Gasteiger partial charge in [0.25, 0.3) is 0 Å². The van der Waals surface area contributed by atoms with E-state index in [9.17, 15) is 8.78 Å². The largest absolute Gasteiger partial charge is 0.298 e. The van der Waals surface area contributed by atoms with Gasteiger partial charge in [0.1, 0.15) is 0 Å². The lowest BCUT2D eigenvalue weighted by Gasteiger charge is -2.40. The Morgan fingerprint density at radius 2 is 1.79 bits per heavy atom. The van der Waals surface area contributed by atoms with Crippen molar-refractivity contribution in [3.05, 3.63) is 53.4 Å². The molecule has 7 heteroatoms. The van der Waals surface area contributed by atoms with Gasteiger partial charge in [-0.25, -0.2) is 18.7 Å². The van der Waals surface area contributed by atoms with Crippen molar-refractivity contribution < 1.29 is 8.78 Å². The van der Waals surface area contributed by atoms with E-state index in [0.717, 1.165) is 56.3 Å². The number of halogens is 2. The highest BCUT2D eigenvalue weighted by atomic mass is 32.2. The summed E-state index contributed by atoms with van der Waals surface area (Å²) in [4.78, 5) is 13.5. The minimum absolute atomic E-state index is 0.252. The fourth-order valence-electron chi connectivity index (χ4n) is 4.64. The molecule has 1 spiro atoms. The quantitative estimate of drug-likeness (QED) is 0.556. The summed E-state index contributed by atoms with van der Waals surface area (Å²) in [6.45, 7) is 5.35. The zero-order valence-electron chi connectivity index (χ0n) is 16.2. The van der Waals surface area contributed by atoms with Crippen LogP contribution in [0.3, 0.4) is 0 Å². The summed E-state index contributed by atoms with van der Waals surface area (Å²) in [5.74, 6) is -1.46. The van der Waals surface area contributed by atoms with Crippen LogP contribution in [0, 0.1) is 17.0 Å². The number of benzene rings is 1. The third kappa shape index (κ3) is 4.36. The Bertz CT molecular complexity index is 817. The van der Waals surface area contributed by atoms with Crippen LogP contribution in [0.4, 0.5) is 8.78 Å². The third-order valence-electron chi connectivity index (χ3n) is 5.95. The Morgan fingerprint density at radius 1 is 1.04 bits per heavy atom. The first-order chi connectivity index (χ1) is 13.6. The van der Waals surface area contributed by atoms with Gasteiger partial charge < -0.3 is 0 Å². The molecule has 2 fully saturated rings. The molecular weight excluding hydrogens is 378 g/mol. The molecule has 1 aromatic carbocycles. The number of likely N-dealkylation sites (tertiary alicyclic amines) is 2. The van der Waals surface area contributed by atoms with Crippen LogP contribution in [0.5, 0.6) is 0 Å². The fourth-order valence-corrected chi connectivity index (χ4v) is 4.96. The Hall–Kier alpha value is -1.57. The average Bonchev–Trinajstić information content (AvgIpc) is 3.07. The highest BCUT2D eigenvalue weighted by Gasteiger charge is 2.41. The molecule has 0 aliphatic carbocycles. The zero-order chi connectivity index (χ0) is 19.6. The number of hydrogen-bond acceptors (Lipinski definition) is 5. The van der Waals surface area contributed by atoms with E-state index >= 15 is 0 Å². The van der Waals surface area contributed by atoms with Gasteiger partial charge in [0, 0.05) is 49.7 Å². The summed E-state index contributed by atoms with van der Waals surface area (Å²) in [6, 6.07) is 4.47. The van der Waals surface area contributed by atoms with Gasteiger partial charge in [-0.15, -0.1) is 0 Å². The van der Waals surface area contributed by atoms with Crippen LogP contribution in [0.25, 0.3) is 0 Å². The molecular formula is C21H26F2N4S. The van der Waals surface area contributed by atoms with Crippen molar-refractivity contribution in [3.63, 3.8) is 0 Å². The first-order valence-corrected chi connectivity index (χ1v) is 11.0. The van der Waals surface area contributed by atoms with Crippen molar-refractivity contribution in [3.8, 4) is 0 Å². The van der Waals surface area contributed by atoms with Crippen molar-refractivity contribution in [2.45, 2.75) is 37.5 Å². The summed E-state index contributed by atoms with van der Waals surface area (Å²) in [5.41, 5.74) is 1.85. The second-order valence-corrected chi connectivity index (χ2v) is 8.84. The van der Waals surface area contributed by atoms with Gasteiger partial charge in [-0.1, -0.05) is 23.9 Å². The monoisotopic (exact) mass is 404 g/mol. The minimum atomic E-state index is -0.758. The number of nitrogens with zero attached hydrogens (tertiary/aromatic N) is 4. The van der Waals surface area contributed by atoms with Gasteiger partial charge in [-0.05, 0) is 50.1 Å². The van der Waals surface area contributed by atoms with Crippen LogP contribution >= 0.6 is 11.8 Å². The maximum Gasteiger partial charge on any atom is 0.187 e. The van der Waals surface area contributed by atoms with E-state index in [1.54, 1.807) is 23.9 Å². The number of rotatable bonds is 5. The van der Waals surface area contributed by atoms with Crippen LogP contribution in [0.1, 0.15) is 30.4 Å². The van der Waals surface area contributed by atoms with Crippen molar-refractivity contribution in [1.82, 2.24) is 19.8 Å². The van der Waals surface area contributed by atoms with E-state index in [4.69, 9.17) is 0 Å². The lowest BCUT2D eigenvalue weighted by Crippen LogP contribution is -2.44. The second-order valence-electron chi connectivity index (χ2n) is 8.07. The highest BCUT2D eigenvalue weighted by Crippen LogP contribution is 2.40. The average molecular weight is 405 g/mol. The van der Waals surface area contributed by atoms with Gasteiger partial charge in [-0.3, -0.25) is 9.80 Å². The van der Waals surface area contributed by atoms with E-state index in [1.165, 1.54) is 12.5 Å². The van der Waals surface area contributed by atoms with Crippen LogP contribution in [0.2, 0.25) is 0 Å². The van der Waals surface area contributed by atoms with E-state index < -0.39 is 11.6 Å². The molecule has 2 aliphatic rings. The van der Waals surface area contributed by atoms with Gasteiger partial charge in [0.2, 0.25) is 0 Å². The first-order valence-electron chi connectivity index (χ1n) is 9.79. The molecule has 1 unspecified atom stereocenters. The molecule has 0 radical (unpaired) electrons. The predicted molar refractivity (Wildman–Crippen MR) is 107 cm³/mol. The smallest absolute Gasteiger partial charge is 0.187 e. The normalized spacial score (nSPS) is 23.5. The maximum absolute atomic E-state index is 14.1. The molecule has 1 aromatic heterocycles. The fraction of sp³-hybridized carbons (Fsp3) is 0.524. The van der Waals surface area contributed by atoms with Crippen molar-refractivity contribution in [1.29, 1.82) is 0 Å². The number of thioether (sulfide) groups is 1. The number of piperidine rings is 1. The van der Waals surface area contributed by atoms with Gasteiger partial charge >= 0.3 is 0 Å². The van der Waals surface area contributed by atoms with E-state index in [2.05, 4.69) is 19.8 Å². The van der Waals surface area contributed by atoms with Crippen LogP contribution in [0.15, 0.2) is 35.7 Å². The first kappa shape index (κ1) is 19.7. The molecule has 4 rings (SSSR count). The summed E-state index contributed by atoms with van der Waals surface area (Å²) in [5, 5.41) is 0.800. The van der Waals surface area contributed by atoms with Gasteiger partial charge in [0.05, 0.1) is 0 Å². The Morgan fingerprint density at radius 3 is 2.54 bits per heavy atom. The summed E-state index contributed by atoms with van der Waals surface area (Å²) >= 11 is 1.55. The van der Waals surface area contributed by atoms with Crippen molar-refractivity contribution in [2.75, 3.05) is 32.4 Å². The van der Waals surface area contributed by atoms with Crippen LogP contribution < -0.4 is 0 Å². The van der Waals surface area contributed by atoms with E-state index in [0.29, 0.717) is 12.1 Å². The topological polar surface area (TPSA) is 32.3 Å². The number of aromatic nitrogens is 2. The lowest BCUT2D eigenvalue weighted by atomic mass is 9.79. The zero-order valence-corrected chi connectivity index (χ0v) is 17.0. The van der Waals surface area contributed by atoms with Gasteiger partial charge in [0.15, 0.2) is 16.8 Å². The summed E-state index contributed by atoms with van der Waals surface area (Å²) < 4.78 is 27.6. The Kier molecular flexibility index (Phi) is 5.94. The van der Waals surface area contributed by atoms with Crippen LogP contribution in [-0.4, -0.2) is 52.2 Å². The standard InChI is InChI=1S/C21H26F2N4S/c1-28-20-24-10-16(11-25-20)12-27-9-7-21(15-27)6-3-8-26(14-21)13-17-4-2-5-18(22)19(17)23/h2,4-5,10-11H,3,6-9,12-15H2,1H3. The van der Waals surface area contributed by atoms with Crippen molar-refractivity contribution >= 4 is 11.8 Å². The molecule has 4 nitrogen and oxygen atoms in total. The molecule has 3 heterocycles. The predicted octanol–water partition coefficient (Wildman–Crippen LogP) is 3.96. The molecule has 1 atom stereocenters. The third-order valence-corrected chi connectivity index (χ3v) is 6.53. The summed E-state index contributed by atoms with van der Waals surface area (Å²) in [6.07, 6.45) is 9.28. The molecule has 2 aliphatic heterocycles. The highest BCUT2D eigenvalue weighted by molar-refractivity contribution is 7.98. The van der Waals surface area contributed by atoms with E-state index in [1.807, 2.05) is 18.6 Å². The SMILES string of the molecule is CSc1ncc(CN2CCC3(CCCN(Cc4cccc(F)c4F)C3)C2)cn1. The Balaban J connectivity index is 1.37. The molecule has 0 bridgehead atoms. The van der Waals surface area contributed by atoms with Gasteiger partial charge in [-0.2, -0.15) is 0 Å². The molecule has 2 aromatic rings. The molecule has 0 N–H and O–H groups in total. The minimum Gasteiger partial charge on any atom is -0.298 e. The molecule has 28 heavy (non-hydrogen) atoms. The molecule has 150 valence electrons. The van der Waals surface area contributed by atoms with Crippen molar-refractivity contribution in [2.24, 2.45) is 5.41 Å². The van der Waals surface area contributed by atoms with E-state index in [-0.39, 0.29) is 5.41 Å². The number of hydrogen-bond donors (Lipinski definition) is 0.